The van der Waals surface area contributed by atoms with E-state index in [1.165, 1.54) is 193 Å². The lowest BCUT2D eigenvalue weighted by Crippen LogP contribution is -2.30. The van der Waals surface area contributed by atoms with Gasteiger partial charge >= 0.3 is 17.9 Å². The molecule has 466 valence electrons. The summed E-state index contributed by atoms with van der Waals surface area (Å²) in [5.41, 5.74) is 0. The largest absolute Gasteiger partial charge is 0.462 e. The topological polar surface area (TPSA) is 78.9 Å². The van der Waals surface area contributed by atoms with Gasteiger partial charge in [-0.2, -0.15) is 0 Å². The van der Waals surface area contributed by atoms with Gasteiger partial charge in [-0.25, -0.2) is 0 Å². The lowest BCUT2D eigenvalue weighted by Gasteiger charge is -2.18. The van der Waals surface area contributed by atoms with Crippen LogP contribution in [0.4, 0.5) is 0 Å². The minimum Gasteiger partial charge on any atom is -0.462 e. The Balaban J connectivity index is 3.99. The summed E-state index contributed by atoms with van der Waals surface area (Å²) in [6.45, 7) is 6.46. The molecule has 0 saturated heterocycles. The van der Waals surface area contributed by atoms with Crippen molar-refractivity contribution in [1.29, 1.82) is 0 Å². The van der Waals surface area contributed by atoms with Crippen LogP contribution in [0.3, 0.4) is 0 Å². The molecule has 0 heterocycles. The fraction of sp³-hybridized carbons (Fsp3) is 0.747. The van der Waals surface area contributed by atoms with E-state index in [0.29, 0.717) is 19.3 Å². The first-order chi connectivity index (χ1) is 40.0. The Morgan fingerprint density at radius 1 is 0.259 bits per heavy atom. The van der Waals surface area contributed by atoms with Gasteiger partial charge in [0.15, 0.2) is 6.10 Å². The number of ether oxygens (including phenoxy) is 3. The molecular weight excluding hydrogens is 997 g/mol. The molecule has 1 atom stereocenters. The second kappa shape index (κ2) is 68.8. The van der Waals surface area contributed by atoms with Crippen molar-refractivity contribution in [2.75, 3.05) is 13.2 Å². The molecule has 0 aromatic rings. The molecule has 6 nitrogen and oxygen atoms in total. The first-order valence-electron chi connectivity index (χ1n) is 34.7. The van der Waals surface area contributed by atoms with E-state index in [4.69, 9.17) is 14.2 Å². The maximum absolute atomic E-state index is 12.9. The Morgan fingerprint density at radius 3 is 0.753 bits per heavy atom. The summed E-state index contributed by atoms with van der Waals surface area (Å²) in [4.78, 5) is 38.0. The van der Waals surface area contributed by atoms with E-state index in [-0.39, 0.29) is 31.1 Å². The second-order valence-electron chi connectivity index (χ2n) is 23.1. The summed E-state index contributed by atoms with van der Waals surface area (Å²) < 4.78 is 16.8. The monoisotopic (exact) mass is 1130 g/mol. The van der Waals surface area contributed by atoms with Crippen LogP contribution in [0.15, 0.2) is 97.2 Å². The van der Waals surface area contributed by atoms with E-state index in [2.05, 4.69) is 118 Å². The normalized spacial score (nSPS) is 12.7. The third kappa shape index (κ3) is 67.0. The zero-order chi connectivity index (χ0) is 58.5. The zero-order valence-corrected chi connectivity index (χ0v) is 53.5. The maximum Gasteiger partial charge on any atom is 0.306 e. The Labute approximate surface area is 502 Å². The lowest BCUT2D eigenvalue weighted by atomic mass is 10.0. The SMILES string of the molecule is CC/C=C\C/C=C\C/C=C\C/C=C\C/C=C\CCCCCCCCCCCCCCCCCC(=O)OCC(COC(=O)CCCCCCC)OC(=O)CCCCCCCCCCCCCC/C=C\C/C=C\C/C=C\CCCCCCC. The minimum absolute atomic E-state index is 0.0753. The van der Waals surface area contributed by atoms with Crippen molar-refractivity contribution in [2.45, 2.75) is 348 Å². The molecular formula is C75H130O6. The summed E-state index contributed by atoms with van der Waals surface area (Å²) in [5.74, 6) is -0.878. The molecule has 0 aliphatic rings. The van der Waals surface area contributed by atoms with Crippen LogP contribution in [0.25, 0.3) is 0 Å². The van der Waals surface area contributed by atoms with Crippen LogP contribution in [0.1, 0.15) is 342 Å². The number of rotatable bonds is 63. The third-order valence-electron chi connectivity index (χ3n) is 15.1. The predicted molar refractivity (Wildman–Crippen MR) is 353 cm³/mol. The summed E-state index contributed by atoms with van der Waals surface area (Å²) in [6.07, 6.45) is 93.4. The number of allylic oxidation sites excluding steroid dienone is 16. The number of esters is 3. The Hall–Kier alpha value is -3.67. The van der Waals surface area contributed by atoms with Crippen LogP contribution in [0.5, 0.6) is 0 Å². The van der Waals surface area contributed by atoms with Crippen LogP contribution in [-0.4, -0.2) is 37.2 Å². The highest BCUT2D eigenvalue weighted by atomic mass is 16.6. The summed E-state index contributed by atoms with van der Waals surface area (Å²) in [6, 6.07) is 0. The molecule has 1 unspecified atom stereocenters. The smallest absolute Gasteiger partial charge is 0.306 e. The van der Waals surface area contributed by atoms with E-state index < -0.39 is 6.10 Å². The van der Waals surface area contributed by atoms with Crippen LogP contribution in [-0.2, 0) is 28.6 Å². The zero-order valence-electron chi connectivity index (χ0n) is 53.5. The summed E-state index contributed by atoms with van der Waals surface area (Å²) >= 11 is 0. The van der Waals surface area contributed by atoms with Gasteiger partial charge in [-0.15, -0.1) is 0 Å². The van der Waals surface area contributed by atoms with Crippen molar-refractivity contribution in [3.8, 4) is 0 Å². The summed E-state index contributed by atoms with van der Waals surface area (Å²) in [7, 11) is 0. The second-order valence-corrected chi connectivity index (χ2v) is 23.1. The number of hydrogen-bond donors (Lipinski definition) is 0. The highest BCUT2D eigenvalue weighted by molar-refractivity contribution is 5.71. The van der Waals surface area contributed by atoms with Gasteiger partial charge in [0.2, 0.25) is 0 Å². The first kappa shape index (κ1) is 77.3. The average Bonchev–Trinajstić information content (AvgIpc) is 3.47. The molecule has 0 radical (unpaired) electrons. The van der Waals surface area contributed by atoms with E-state index in [1.807, 2.05) is 0 Å². The van der Waals surface area contributed by atoms with Crippen molar-refractivity contribution >= 4 is 17.9 Å². The first-order valence-corrected chi connectivity index (χ1v) is 34.7. The maximum atomic E-state index is 12.9. The molecule has 6 heteroatoms. The lowest BCUT2D eigenvalue weighted by molar-refractivity contribution is -0.167. The molecule has 0 saturated carbocycles. The van der Waals surface area contributed by atoms with Gasteiger partial charge in [-0.05, 0) is 103 Å². The molecule has 0 fully saturated rings. The van der Waals surface area contributed by atoms with Gasteiger partial charge in [-0.3, -0.25) is 14.4 Å². The average molecular weight is 1130 g/mol. The van der Waals surface area contributed by atoms with Crippen molar-refractivity contribution in [2.24, 2.45) is 0 Å². The number of carbonyl (C=O) groups is 3. The molecule has 0 aromatic heterocycles. The minimum atomic E-state index is -0.775. The van der Waals surface area contributed by atoms with Gasteiger partial charge in [0.1, 0.15) is 13.2 Å². The fourth-order valence-corrected chi connectivity index (χ4v) is 9.89. The number of carbonyl (C=O) groups excluding carboxylic acids is 3. The van der Waals surface area contributed by atoms with Gasteiger partial charge in [0.05, 0.1) is 0 Å². The quantitative estimate of drug-likeness (QED) is 0.0261. The number of hydrogen-bond acceptors (Lipinski definition) is 6. The molecule has 0 aliphatic carbocycles. The Morgan fingerprint density at radius 2 is 0.481 bits per heavy atom. The van der Waals surface area contributed by atoms with E-state index >= 15 is 0 Å². The van der Waals surface area contributed by atoms with E-state index in [1.54, 1.807) is 0 Å². The molecule has 0 amide bonds. The molecule has 0 N–H and O–H groups in total. The molecule has 0 spiro atoms. The molecule has 0 rings (SSSR count). The highest BCUT2D eigenvalue weighted by Crippen LogP contribution is 2.17. The van der Waals surface area contributed by atoms with Gasteiger partial charge in [0, 0.05) is 19.3 Å². The van der Waals surface area contributed by atoms with Crippen LogP contribution in [0, 0.1) is 0 Å². The van der Waals surface area contributed by atoms with Gasteiger partial charge in [-0.1, -0.05) is 317 Å². The predicted octanol–water partition coefficient (Wildman–Crippen LogP) is 24.0. The molecule has 0 bridgehead atoms. The van der Waals surface area contributed by atoms with Crippen LogP contribution in [0.2, 0.25) is 0 Å². The fourth-order valence-electron chi connectivity index (χ4n) is 9.89. The standard InChI is InChI=1S/C75H130O6/c1-4-7-10-13-15-17-19-21-23-25-27-29-31-33-35-36-37-38-40-41-43-45-47-49-51-53-55-57-59-62-65-68-74(77)80-71-72(70-79-73(76)67-64-61-12-9-6-3)81-75(78)69-66-63-60-58-56-54-52-50-48-46-44-42-39-34-32-30-28-26-24-22-20-18-16-14-11-8-5-2/h7,10,15,17,20-23,26-29,32-35,72H,4-6,8-9,11-14,16,18-19,24-25,30-31,36-71H2,1-3H3/b10-7-,17-15-,22-20-,23-21-,28-26-,29-27-,34-32-,35-33-. The van der Waals surface area contributed by atoms with E-state index in [9.17, 15) is 14.4 Å². The van der Waals surface area contributed by atoms with Gasteiger partial charge < -0.3 is 14.2 Å². The summed E-state index contributed by atoms with van der Waals surface area (Å²) in [5, 5.41) is 0. The third-order valence-corrected chi connectivity index (χ3v) is 15.1. The molecule has 0 aliphatic heterocycles. The molecule has 0 aromatic carbocycles. The van der Waals surface area contributed by atoms with Gasteiger partial charge in [0.25, 0.3) is 0 Å². The van der Waals surface area contributed by atoms with Crippen molar-refractivity contribution in [1.82, 2.24) is 0 Å². The Bertz CT molecular complexity index is 1580. The van der Waals surface area contributed by atoms with Crippen molar-refractivity contribution < 1.29 is 28.6 Å². The van der Waals surface area contributed by atoms with Crippen molar-refractivity contribution in [3.63, 3.8) is 0 Å². The molecule has 81 heavy (non-hydrogen) atoms. The number of unbranched alkanes of at least 4 members (excludes halogenated alkanes) is 36. The van der Waals surface area contributed by atoms with Crippen LogP contribution >= 0.6 is 0 Å². The Kier molecular flexibility index (Phi) is 65.7. The van der Waals surface area contributed by atoms with Crippen molar-refractivity contribution in [3.05, 3.63) is 97.2 Å². The van der Waals surface area contributed by atoms with E-state index in [0.717, 1.165) is 109 Å². The van der Waals surface area contributed by atoms with Crippen LogP contribution < -0.4 is 0 Å². The highest BCUT2D eigenvalue weighted by Gasteiger charge is 2.19.